The minimum Gasteiger partial charge on any atom is -0.462 e. The van der Waals surface area contributed by atoms with E-state index in [1.807, 2.05) is 0 Å². The van der Waals surface area contributed by atoms with Crippen LogP contribution in [0.4, 0.5) is 0 Å². The van der Waals surface area contributed by atoms with Crippen molar-refractivity contribution in [3.8, 4) is 0 Å². The molecule has 0 aromatic carbocycles. The number of carbonyl (C=O) groups is 3. The second kappa shape index (κ2) is 58.7. The number of hydrogen-bond acceptors (Lipinski definition) is 6. The maximum atomic E-state index is 12.8. The highest BCUT2D eigenvalue weighted by Gasteiger charge is 2.19. The van der Waals surface area contributed by atoms with Gasteiger partial charge in [-0.05, 0) is 44.9 Å². The lowest BCUT2D eigenvalue weighted by molar-refractivity contribution is -0.167. The van der Waals surface area contributed by atoms with Crippen molar-refractivity contribution in [2.24, 2.45) is 0 Å². The molecule has 1 atom stereocenters. The summed E-state index contributed by atoms with van der Waals surface area (Å²) in [7, 11) is 0. The number of allylic oxidation sites excluding steroid dienone is 2. The van der Waals surface area contributed by atoms with E-state index in [2.05, 4.69) is 32.9 Å². The van der Waals surface area contributed by atoms with Crippen molar-refractivity contribution in [1.29, 1.82) is 0 Å². The first kappa shape index (κ1) is 67.1. The van der Waals surface area contributed by atoms with Gasteiger partial charge < -0.3 is 14.2 Å². The minimum atomic E-state index is -0.765. The highest BCUT2D eigenvalue weighted by molar-refractivity contribution is 5.71. The van der Waals surface area contributed by atoms with Crippen LogP contribution < -0.4 is 0 Å². The Morgan fingerprint density at radius 2 is 0.478 bits per heavy atom. The van der Waals surface area contributed by atoms with Crippen LogP contribution in [-0.2, 0) is 28.6 Å². The van der Waals surface area contributed by atoms with Gasteiger partial charge in [-0.3, -0.25) is 14.4 Å². The SMILES string of the molecule is CCCCCCCC/C=C\CCCCCCCCCCCC(=O)OC(COC(=O)CCCCCCCCC)COC(=O)CCCCCCCCCCCCCCCCCCCCCCCCCCC. The van der Waals surface area contributed by atoms with Gasteiger partial charge in [0, 0.05) is 19.3 Å². The van der Waals surface area contributed by atoms with Gasteiger partial charge >= 0.3 is 17.9 Å². The van der Waals surface area contributed by atoms with Gasteiger partial charge in [-0.25, -0.2) is 0 Å². The molecule has 0 saturated heterocycles. The highest BCUT2D eigenvalue weighted by atomic mass is 16.6. The van der Waals surface area contributed by atoms with Crippen LogP contribution in [-0.4, -0.2) is 37.2 Å². The normalized spacial score (nSPS) is 12.0. The molecule has 0 radical (unpaired) electrons. The third-order valence-corrected chi connectivity index (χ3v) is 14.3. The van der Waals surface area contributed by atoms with Crippen LogP contribution >= 0.6 is 0 Å². The smallest absolute Gasteiger partial charge is 0.306 e. The topological polar surface area (TPSA) is 78.9 Å². The molecule has 6 heteroatoms. The lowest BCUT2D eigenvalue weighted by Crippen LogP contribution is -2.30. The molecule has 0 aromatic heterocycles. The van der Waals surface area contributed by atoms with Crippen LogP contribution in [0.1, 0.15) is 355 Å². The average Bonchev–Trinajstić information content (AvgIpc) is 3.35. The first-order chi connectivity index (χ1) is 34.0. The summed E-state index contributed by atoms with van der Waals surface area (Å²) in [6.45, 7) is 6.66. The molecule has 0 rings (SSSR count). The number of carbonyl (C=O) groups excluding carboxylic acids is 3. The van der Waals surface area contributed by atoms with Crippen molar-refractivity contribution >= 4 is 17.9 Å². The largest absolute Gasteiger partial charge is 0.462 e. The Labute approximate surface area is 431 Å². The quantitative estimate of drug-likeness (QED) is 0.0261. The zero-order valence-corrected chi connectivity index (χ0v) is 46.9. The fourth-order valence-corrected chi connectivity index (χ4v) is 9.56. The van der Waals surface area contributed by atoms with E-state index in [1.165, 1.54) is 257 Å². The summed E-state index contributed by atoms with van der Waals surface area (Å²) in [5.74, 6) is -0.849. The third-order valence-electron chi connectivity index (χ3n) is 14.3. The van der Waals surface area contributed by atoms with Crippen LogP contribution in [0.25, 0.3) is 0 Å². The Bertz CT molecular complexity index is 1070. The van der Waals surface area contributed by atoms with E-state index in [1.54, 1.807) is 0 Å². The van der Waals surface area contributed by atoms with Crippen LogP contribution in [0.5, 0.6) is 0 Å². The highest BCUT2D eigenvalue weighted by Crippen LogP contribution is 2.18. The lowest BCUT2D eigenvalue weighted by Gasteiger charge is -2.18. The van der Waals surface area contributed by atoms with Gasteiger partial charge in [0.05, 0.1) is 0 Å². The second-order valence-corrected chi connectivity index (χ2v) is 21.3. The Morgan fingerprint density at radius 3 is 0.725 bits per heavy atom. The molecular weight excluding hydrogens is 853 g/mol. The average molecular weight is 974 g/mol. The summed E-state index contributed by atoms with van der Waals surface area (Å²) in [6, 6.07) is 0. The number of unbranched alkanes of at least 4 members (excludes halogenated alkanes) is 45. The molecule has 0 amide bonds. The van der Waals surface area contributed by atoms with E-state index >= 15 is 0 Å². The molecule has 0 heterocycles. The van der Waals surface area contributed by atoms with Crippen LogP contribution in [0.15, 0.2) is 12.2 Å². The van der Waals surface area contributed by atoms with E-state index in [0.717, 1.165) is 57.8 Å². The molecule has 0 spiro atoms. The zero-order chi connectivity index (χ0) is 50.0. The maximum Gasteiger partial charge on any atom is 0.306 e. The standard InChI is InChI=1S/C63H120O6/c1-4-7-10-13-16-18-20-22-24-26-28-29-30-31-32-33-35-36-38-40-42-44-47-50-53-56-62(65)68-59-60(58-67-61(64)55-52-49-46-15-12-9-6-3)69-63(66)57-54-51-48-45-43-41-39-37-34-27-25-23-21-19-17-14-11-8-5-2/h23,25,60H,4-22,24,26-59H2,1-3H3/b25-23-. The first-order valence-corrected chi connectivity index (χ1v) is 31.2. The third kappa shape index (κ3) is 56.9. The summed E-state index contributed by atoms with van der Waals surface area (Å²) in [6.07, 6.45) is 68.2. The summed E-state index contributed by atoms with van der Waals surface area (Å²) < 4.78 is 16.8. The molecule has 0 aliphatic carbocycles. The van der Waals surface area contributed by atoms with Crippen molar-refractivity contribution in [1.82, 2.24) is 0 Å². The molecule has 1 unspecified atom stereocenters. The summed E-state index contributed by atoms with van der Waals surface area (Å²) >= 11 is 0. The fourth-order valence-electron chi connectivity index (χ4n) is 9.56. The fraction of sp³-hybridized carbons (Fsp3) is 0.921. The van der Waals surface area contributed by atoms with Crippen molar-refractivity contribution in [3.05, 3.63) is 12.2 Å². The second-order valence-electron chi connectivity index (χ2n) is 21.3. The predicted molar refractivity (Wildman–Crippen MR) is 298 cm³/mol. The number of esters is 3. The molecular formula is C63H120O6. The molecule has 0 fully saturated rings. The zero-order valence-electron chi connectivity index (χ0n) is 46.9. The van der Waals surface area contributed by atoms with E-state index in [4.69, 9.17) is 14.2 Å². The molecule has 0 N–H and O–H groups in total. The molecule has 408 valence electrons. The number of rotatable bonds is 58. The Kier molecular flexibility index (Phi) is 57.1. The molecule has 0 saturated carbocycles. The maximum absolute atomic E-state index is 12.8. The molecule has 6 nitrogen and oxygen atoms in total. The molecule has 0 aliphatic rings. The molecule has 0 aliphatic heterocycles. The Hall–Kier alpha value is -1.85. The monoisotopic (exact) mass is 973 g/mol. The van der Waals surface area contributed by atoms with Crippen molar-refractivity contribution in [2.45, 2.75) is 361 Å². The lowest BCUT2D eigenvalue weighted by atomic mass is 10.0. The molecule has 0 bridgehead atoms. The molecule has 0 aromatic rings. The van der Waals surface area contributed by atoms with Gasteiger partial charge in [0.15, 0.2) is 6.10 Å². The van der Waals surface area contributed by atoms with E-state index in [-0.39, 0.29) is 31.1 Å². The van der Waals surface area contributed by atoms with Crippen molar-refractivity contribution in [3.63, 3.8) is 0 Å². The van der Waals surface area contributed by atoms with Gasteiger partial charge in [-0.1, -0.05) is 303 Å². The minimum absolute atomic E-state index is 0.0653. The van der Waals surface area contributed by atoms with E-state index in [0.29, 0.717) is 19.3 Å². The summed E-state index contributed by atoms with van der Waals surface area (Å²) in [4.78, 5) is 38.0. The van der Waals surface area contributed by atoms with Crippen LogP contribution in [0.3, 0.4) is 0 Å². The first-order valence-electron chi connectivity index (χ1n) is 31.2. The van der Waals surface area contributed by atoms with Gasteiger partial charge in [0.1, 0.15) is 13.2 Å². The van der Waals surface area contributed by atoms with Gasteiger partial charge in [0.2, 0.25) is 0 Å². The van der Waals surface area contributed by atoms with Crippen molar-refractivity contribution < 1.29 is 28.6 Å². The van der Waals surface area contributed by atoms with E-state index < -0.39 is 6.10 Å². The van der Waals surface area contributed by atoms with Gasteiger partial charge in [-0.15, -0.1) is 0 Å². The van der Waals surface area contributed by atoms with Crippen molar-refractivity contribution in [2.75, 3.05) is 13.2 Å². The number of ether oxygens (including phenoxy) is 3. The van der Waals surface area contributed by atoms with Crippen LogP contribution in [0.2, 0.25) is 0 Å². The Balaban J connectivity index is 4.07. The predicted octanol–water partition coefficient (Wildman–Crippen LogP) is 20.9. The van der Waals surface area contributed by atoms with Crippen LogP contribution in [0, 0.1) is 0 Å². The van der Waals surface area contributed by atoms with E-state index in [9.17, 15) is 14.4 Å². The molecule has 69 heavy (non-hydrogen) atoms. The van der Waals surface area contributed by atoms with Gasteiger partial charge in [0.25, 0.3) is 0 Å². The summed E-state index contributed by atoms with van der Waals surface area (Å²) in [5.41, 5.74) is 0. The summed E-state index contributed by atoms with van der Waals surface area (Å²) in [5, 5.41) is 0. The number of hydrogen-bond donors (Lipinski definition) is 0. The Morgan fingerprint density at radius 1 is 0.275 bits per heavy atom. The van der Waals surface area contributed by atoms with Gasteiger partial charge in [-0.2, -0.15) is 0 Å².